The monoisotopic (exact) mass is 427 g/mol. The molecule has 30 heavy (non-hydrogen) atoms. The van der Waals surface area contributed by atoms with Crippen molar-refractivity contribution in [2.24, 2.45) is 7.05 Å². The molecular weight excluding hydrogens is 406 g/mol. The highest BCUT2D eigenvalue weighted by molar-refractivity contribution is 7.89. The number of aryl methyl sites for hydroxylation is 1. The molecule has 2 heterocycles. The van der Waals surface area contributed by atoms with E-state index in [-0.39, 0.29) is 29.5 Å². The van der Waals surface area contributed by atoms with Crippen molar-refractivity contribution in [1.82, 2.24) is 13.8 Å². The van der Waals surface area contributed by atoms with Crippen molar-refractivity contribution >= 4 is 33.1 Å². The zero-order valence-corrected chi connectivity index (χ0v) is 17.2. The van der Waals surface area contributed by atoms with Gasteiger partial charge in [0.15, 0.2) is 5.58 Å². The normalized spacial score (nSPS) is 15.8. The number of hydrogen-bond donors (Lipinski definition) is 0. The predicted octanol–water partition coefficient (Wildman–Crippen LogP) is 1.68. The lowest BCUT2D eigenvalue weighted by molar-refractivity contribution is -0.127. The van der Waals surface area contributed by atoms with Crippen LogP contribution in [0.3, 0.4) is 0 Å². The van der Waals surface area contributed by atoms with Crippen LogP contribution < -0.4 is 5.76 Å². The van der Waals surface area contributed by atoms with Crippen molar-refractivity contribution in [1.29, 1.82) is 0 Å². The molecule has 0 atom stereocenters. The van der Waals surface area contributed by atoms with Gasteiger partial charge in [-0.25, -0.2) is 13.2 Å². The molecule has 1 amide bonds. The van der Waals surface area contributed by atoms with Crippen molar-refractivity contribution in [3.8, 4) is 0 Å². The summed E-state index contributed by atoms with van der Waals surface area (Å²) >= 11 is 0. The number of piperazine rings is 1. The molecule has 0 aliphatic carbocycles. The Morgan fingerprint density at radius 2 is 1.73 bits per heavy atom. The van der Waals surface area contributed by atoms with Gasteiger partial charge in [-0.1, -0.05) is 30.3 Å². The van der Waals surface area contributed by atoms with Crippen LogP contribution >= 0.6 is 0 Å². The molecule has 1 aromatic heterocycles. The van der Waals surface area contributed by atoms with Crippen molar-refractivity contribution in [2.75, 3.05) is 26.2 Å². The third-order valence-corrected chi connectivity index (χ3v) is 7.06. The Bertz CT molecular complexity index is 1270. The molecule has 1 saturated heterocycles. The van der Waals surface area contributed by atoms with Crippen LogP contribution in [-0.4, -0.2) is 54.3 Å². The van der Waals surface area contributed by atoms with Crippen LogP contribution in [0.2, 0.25) is 0 Å². The molecule has 0 unspecified atom stereocenters. The van der Waals surface area contributed by atoms with Gasteiger partial charge >= 0.3 is 5.76 Å². The molecule has 2 aromatic carbocycles. The van der Waals surface area contributed by atoms with Gasteiger partial charge in [-0.2, -0.15) is 4.31 Å². The minimum atomic E-state index is -3.76. The number of rotatable bonds is 4. The lowest BCUT2D eigenvalue weighted by Gasteiger charge is -2.33. The fraction of sp³-hybridized carbons (Fsp3) is 0.238. The van der Waals surface area contributed by atoms with Crippen LogP contribution in [0.1, 0.15) is 5.56 Å². The van der Waals surface area contributed by atoms with Gasteiger partial charge in [0.2, 0.25) is 15.9 Å². The zero-order chi connectivity index (χ0) is 21.3. The van der Waals surface area contributed by atoms with E-state index in [2.05, 4.69) is 0 Å². The van der Waals surface area contributed by atoms with Gasteiger partial charge < -0.3 is 9.32 Å². The summed E-state index contributed by atoms with van der Waals surface area (Å²) in [4.78, 5) is 25.7. The molecule has 0 radical (unpaired) electrons. The summed E-state index contributed by atoms with van der Waals surface area (Å²) < 4.78 is 33.7. The van der Waals surface area contributed by atoms with Gasteiger partial charge in [0.25, 0.3) is 0 Å². The van der Waals surface area contributed by atoms with Crippen molar-refractivity contribution in [3.05, 3.63) is 70.7 Å². The number of carbonyl (C=O) groups is 1. The molecule has 0 N–H and O–H groups in total. The Morgan fingerprint density at radius 3 is 2.43 bits per heavy atom. The van der Waals surface area contributed by atoms with Gasteiger partial charge in [0.1, 0.15) is 0 Å². The first-order valence-electron chi connectivity index (χ1n) is 9.48. The van der Waals surface area contributed by atoms with E-state index in [4.69, 9.17) is 4.42 Å². The zero-order valence-electron chi connectivity index (χ0n) is 16.4. The molecule has 3 aromatic rings. The van der Waals surface area contributed by atoms with Crippen LogP contribution in [0.4, 0.5) is 0 Å². The van der Waals surface area contributed by atoms with E-state index in [1.54, 1.807) is 24.1 Å². The largest absolute Gasteiger partial charge is 0.419 e. The number of nitrogens with zero attached hydrogens (tertiary/aromatic N) is 3. The minimum absolute atomic E-state index is 0.0631. The summed E-state index contributed by atoms with van der Waals surface area (Å²) in [6, 6.07) is 13.9. The summed E-state index contributed by atoms with van der Waals surface area (Å²) in [6.45, 7) is 1.01. The first-order chi connectivity index (χ1) is 14.4. The number of carbonyl (C=O) groups excluding carboxylic acids is 1. The maximum atomic E-state index is 13.0. The van der Waals surface area contributed by atoms with Crippen molar-refractivity contribution in [3.63, 3.8) is 0 Å². The Hall–Kier alpha value is -3.17. The van der Waals surface area contributed by atoms with E-state index in [1.807, 2.05) is 30.3 Å². The molecule has 0 spiro atoms. The maximum absolute atomic E-state index is 13.0. The second-order valence-corrected chi connectivity index (χ2v) is 8.97. The first-order valence-corrected chi connectivity index (χ1v) is 10.9. The summed E-state index contributed by atoms with van der Waals surface area (Å²) in [5, 5.41) is 0. The van der Waals surface area contributed by atoms with Gasteiger partial charge in [-0.3, -0.25) is 9.36 Å². The highest BCUT2D eigenvalue weighted by Gasteiger charge is 2.30. The predicted molar refractivity (Wildman–Crippen MR) is 112 cm³/mol. The number of sulfonamides is 1. The molecule has 0 bridgehead atoms. The van der Waals surface area contributed by atoms with Gasteiger partial charge in [-0.05, 0) is 23.8 Å². The first kappa shape index (κ1) is 20.1. The van der Waals surface area contributed by atoms with Crippen LogP contribution in [0.5, 0.6) is 0 Å². The van der Waals surface area contributed by atoms with Gasteiger partial charge in [0.05, 0.1) is 10.4 Å². The van der Waals surface area contributed by atoms with E-state index >= 15 is 0 Å². The number of amides is 1. The quantitative estimate of drug-likeness (QED) is 0.591. The minimum Gasteiger partial charge on any atom is -0.408 e. The number of aromatic nitrogens is 1. The summed E-state index contributed by atoms with van der Waals surface area (Å²) in [6.07, 6.45) is 3.25. The number of hydrogen-bond acceptors (Lipinski definition) is 5. The highest BCUT2D eigenvalue weighted by atomic mass is 32.2. The molecule has 1 aliphatic rings. The Balaban J connectivity index is 1.44. The standard InChI is InChI=1S/C21H21N3O5S/c1-22-18-9-8-17(15-19(18)29-21(22)26)30(27,28)24-13-11-23(12-14-24)20(25)10-7-16-5-3-2-4-6-16/h2-10,15H,11-14H2,1H3. The molecule has 9 heteroatoms. The van der Waals surface area contributed by atoms with E-state index in [0.29, 0.717) is 18.6 Å². The number of benzene rings is 2. The second-order valence-electron chi connectivity index (χ2n) is 7.03. The van der Waals surface area contributed by atoms with Crippen LogP contribution in [-0.2, 0) is 21.9 Å². The average Bonchev–Trinajstić information content (AvgIpc) is 3.06. The SMILES string of the molecule is Cn1c(=O)oc2cc(S(=O)(=O)N3CCN(C(=O)C=Cc4ccccc4)CC3)ccc21. The number of fused-ring (bicyclic) bond motifs is 1. The van der Waals surface area contributed by atoms with Crippen molar-refractivity contribution in [2.45, 2.75) is 4.90 Å². The molecule has 8 nitrogen and oxygen atoms in total. The fourth-order valence-electron chi connectivity index (χ4n) is 3.41. The fourth-order valence-corrected chi connectivity index (χ4v) is 4.85. The van der Waals surface area contributed by atoms with E-state index < -0.39 is 15.8 Å². The molecular formula is C21H21N3O5S. The third kappa shape index (κ3) is 3.81. The maximum Gasteiger partial charge on any atom is 0.419 e. The van der Waals surface area contributed by atoms with Gasteiger partial charge in [-0.15, -0.1) is 0 Å². The summed E-state index contributed by atoms with van der Waals surface area (Å²) in [5.41, 5.74) is 1.68. The topological polar surface area (TPSA) is 92.8 Å². The van der Waals surface area contributed by atoms with Crippen LogP contribution in [0.25, 0.3) is 17.2 Å². The summed E-state index contributed by atoms with van der Waals surface area (Å²) in [7, 11) is -2.20. The Morgan fingerprint density at radius 1 is 1.03 bits per heavy atom. The average molecular weight is 427 g/mol. The smallest absolute Gasteiger partial charge is 0.408 e. The highest BCUT2D eigenvalue weighted by Crippen LogP contribution is 2.22. The molecule has 1 fully saturated rings. The summed E-state index contributed by atoms with van der Waals surface area (Å²) in [5.74, 6) is -0.696. The molecule has 4 rings (SSSR count). The molecule has 1 aliphatic heterocycles. The number of oxazole rings is 1. The van der Waals surface area contributed by atoms with Crippen LogP contribution in [0.15, 0.2) is 68.7 Å². The molecule has 156 valence electrons. The van der Waals surface area contributed by atoms with Gasteiger partial charge in [0, 0.05) is 45.4 Å². The van der Waals surface area contributed by atoms with E-state index in [9.17, 15) is 18.0 Å². The lowest BCUT2D eigenvalue weighted by Crippen LogP contribution is -2.50. The second kappa shape index (κ2) is 7.92. The van der Waals surface area contributed by atoms with Crippen LogP contribution in [0, 0.1) is 0 Å². The molecule has 0 saturated carbocycles. The van der Waals surface area contributed by atoms with E-state index in [0.717, 1.165) is 5.56 Å². The lowest BCUT2D eigenvalue weighted by atomic mass is 10.2. The Kier molecular flexibility index (Phi) is 5.31. The Labute approximate surface area is 173 Å². The third-order valence-electron chi connectivity index (χ3n) is 5.17. The van der Waals surface area contributed by atoms with E-state index in [1.165, 1.54) is 27.1 Å². The van der Waals surface area contributed by atoms with Crippen molar-refractivity contribution < 1.29 is 17.6 Å².